The van der Waals surface area contributed by atoms with Gasteiger partial charge in [0.05, 0.1) is 18.8 Å². The molecular weight excluding hydrogens is 272 g/mol. The van der Waals surface area contributed by atoms with Crippen molar-refractivity contribution in [3.8, 4) is 11.5 Å². The minimum atomic E-state index is -0.351. The van der Waals surface area contributed by atoms with E-state index in [0.717, 1.165) is 25.8 Å². The molecule has 0 aliphatic carbocycles. The number of carbonyl (C=O) groups is 1. The molecule has 1 aliphatic rings. The van der Waals surface area contributed by atoms with Crippen molar-refractivity contribution in [2.24, 2.45) is 5.73 Å². The van der Waals surface area contributed by atoms with Crippen LogP contribution in [0, 0.1) is 0 Å². The largest absolute Gasteiger partial charge is 0.369 e. The van der Waals surface area contributed by atoms with Crippen LogP contribution in [-0.4, -0.2) is 44.0 Å². The molecule has 1 saturated heterocycles. The fraction of sp³-hybridized carbons (Fsp3) is 0.462. The molecule has 0 spiro atoms. The molecule has 21 heavy (non-hydrogen) atoms. The molecule has 1 atom stereocenters. The van der Waals surface area contributed by atoms with Gasteiger partial charge in [0.1, 0.15) is 5.69 Å². The van der Waals surface area contributed by atoms with E-state index in [2.05, 4.69) is 20.1 Å². The first-order chi connectivity index (χ1) is 10.2. The lowest BCUT2D eigenvalue weighted by atomic mass is 10.0. The zero-order valence-corrected chi connectivity index (χ0v) is 11.5. The van der Waals surface area contributed by atoms with E-state index in [9.17, 15) is 4.79 Å². The summed E-state index contributed by atoms with van der Waals surface area (Å²) in [5, 5.41) is 3.94. The van der Waals surface area contributed by atoms with Gasteiger partial charge in [-0.15, -0.1) is 0 Å². The Bertz CT molecular complexity index is 614. The molecular formula is C13H16N6O2. The third-order valence-corrected chi connectivity index (χ3v) is 3.49. The van der Waals surface area contributed by atoms with Gasteiger partial charge in [-0.2, -0.15) is 4.98 Å². The van der Waals surface area contributed by atoms with E-state index in [0.29, 0.717) is 17.4 Å². The number of likely N-dealkylation sites (tertiary alicyclic amines) is 1. The molecule has 2 aromatic heterocycles. The van der Waals surface area contributed by atoms with Crippen LogP contribution < -0.4 is 5.73 Å². The molecule has 3 heterocycles. The molecule has 2 aromatic rings. The zero-order chi connectivity index (χ0) is 14.7. The summed E-state index contributed by atoms with van der Waals surface area (Å²) in [7, 11) is 0. The molecule has 0 saturated carbocycles. The van der Waals surface area contributed by atoms with Crippen LogP contribution in [0.1, 0.15) is 31.2 Å². The lowest BCUT2D eigenvalue weighted by molar-refractivity contribution is -0.120. The Kier molecular flexibility index (Phi) is 3.87. The minimum absolute atomic E-state index is 0.0656. The second kappa shape index (κ2) is 5.96. The van der Waals surface area contributed by atoms with E-state index in [1.807, 2.05) is 4.90 Å². The summed E-state index contributed by atoms with van der Waals surface area (Å²) in [6.07, 6.45) is 7.70. The normalized spacial score (nSPS) is 19.5. The fourth-order valence-electron chi connectivity index (χ4n) is 2.55. The molecule has 0 bridgehead atoms. The monoisotopic (exact) mass is 288 g/mol. The summed E-state index contributed by atoms with van der Waals surface area (Å²) in [5.41, 5.74) is 5.85. The molecule has 0 aromatic carbocycles. The standard InChI is InChI=1S/C13H16N6O2/c14-11(20)8-19-6-2-1-3-10(19)13-17-12(18-21-13)9-7-15-4-5-16-9/h4-5,7,10H,1-3,6,8H2,(H2,14,20). The lowest BCUT2D eigenvalue weighted by Gasteiger charge is -2.32. The molecule has 1 fully saturated rings. The van der Waals surface area contributed by atoms with Crippen molar-refractivity contribution < 1.29 is 9.32 Å². The maximum atomic E-state index is 11.2. The van der Waals surface area contributed by atoms with E-state index in [4.69, 9.17) is 10.3 Å². The Hall–Kier alpha value is -2.35. The van der Waals surface area contributed by atoms with E-state index in [1.54, 1.807) is 18.6 Å². The van der Waals surface area contributed by atoms with Gasteiger partial charge >= 0.3 is 0 Å². The van der Waals surface area contributed by atoms with Crippen molar-refractivity contribution in [1.29, 1.82) is 0 Å². The highest BCUT2D eigenvalue weighted by molar-refractivity contribution is 5.76. The first-order valence-electron chi connectivity index (χ1n) is 6.86. The maximum absolute atomic E-state index is 11.2. The number of rotatable bonds is 4. The molecule has 3 rings (SSSR count). The van der Waals surface area contributed by atoms with Gasteiger partial charge in [0, 0.05) is 12.4 Å². The number of nitrogens with two attached hydrogens (primary N) is 1. The molecule has 8 heteroatoms. The fourth-order valence-corrected chi connectivity index (χ4v) is 2.55. The topological polar surface area (TPSA) is 111 Å². The van der Waals surface area contributed by atoms with Crippen LogP contribution in [0.2, 0.25) is 0 Å². The van der Waals surface area contributed by atoms with Gasteiger partial charge in [0.25, 0.3) is 0 Å². The van der Waals surface area contributed by atoms with Gasteiger partial charge in [0.2, 0.25) is 17.6 Å². The first kappa shape index (κ1) is 13.6. The number of piperidine rings is 1. The van der Waals surface area contributed by atoms with Gasteiger partial charge in [-0.3, -0.25) is 14.7 Å². The molecule has 1 amide bonds. The number of hydrogen-bond donors (Lipinski definition) is 1. The van der Waals surface area contributed by atoms with Crippen molar-refractivity contribution in [3.63, 3.8) is 0 Å². The smallest absolute Gasteiger partial charge is 0.244 e. The van der Waals surface area contributed by atoms with E-state index in [-0.39, 0.29) is 18.5 Å². The molecule has 0 radical (unpaired) electrons. The number of nitrogens with zero attached hydrogens (tertiary/aromatic N) is 5. The summed E-state index contributed by atoms with van der Waals surface area (Å²) in [5.74, 6) is 0.551. The Labute approximate surface area is 121 Å². The van der Waals surface area contributed by atoms with Crippen LogP contribution in [0.5, 0.6) is 0 Å². The van der Waals surface area contributed by atoms with Crippen LogP contribution in [0.3, 0.4) is 0 Å². The average Bonchev–Trinajstić information content (AvgIpc) is 2.98. The number of carbonyl (C=O) groups excluding carboxylic acids is 1. The summed E-state index contributed by atoms with van der Waals surface area (Å²) in [6.45, 7) is 1.00. The summed E-state index contributed by atoms with van der Waals surface area (Å²) < 4.78 is 5.35. The first-order valence-corrected chi connectivity index (χ1v) is 6.86. The van der Waals surface area contributed by atoms with Crippen LogP contribution >= 0.6 is 0 Å². The number of aromatic nitrogens is 4. The molecule has 8 nitrogen and oxygen atoms in total. The Balaban J connectivity index is 1.82. The average molecular weight is 288 g/mol. The van der Waals surface area contributed by atoms with Crippen molar-refractivity contribution in [3.05, 3.63) is 24.5 Å². The van der Waals surface area contributed by atoms with E-state index in [1.165, 1.54) is 0 Å². The minimum Gasteiger partial charge on any atom is -0.369 e. The molecule has 1 aliphatic heterocycles. The summed E-state index contributed by atoms with van der Waals surface area (Å²) >= 11 is 0. The highest BCUT2D eigenvalue weighted by atomic mass is 16.5. The molecule has 1 unspecified atom stereocenters. The van der Waals surface area contributed by atoms with Gasteiger partial charge < -0.3 is 10.3 Å². The van der Waals surface area contributed by atoms with Gasteiger partial charge in [-0.1, -0.05) is 11.6 Å². The van der Waals surface area contributed by atoms with Gasteiger partial charge in [-0.25, -0.2) is 4.98 Å². The van der Waals surface area contributed by atoms with E-state index < -0.39 is 0 Å². The van der Waals surface area contributed by atoms with Gasteiger partial charge in [-0.05, 0) is 19.4 Å². The Morgan fingerprint density at radius 2 is 2.33 bits per heavy atom. The van der Waals surface area contributed by atoms with Crippen molar-refractivity contribution in [1.82, 2.24) is 25.0 Å². The number of primary amides is 1. The summed E-state index contributed by atoms with van der Waals surface area (Å²) in [6, 6.07) is -0.0656. The second-order valence-corrected chi connectivity index (χ2v) is 5.00. The Morgan fingerprint density at radius 1 is 1.43 bits per heavy atom. The SMILES string of the molecule is NC(=O)CN1CCCCC1c1nc(-c2cnccn2)no1. The predicted molar refractivity (Wildman–Crippen MR) is 72.7 cm³/mol. The van der Waals surface area contributed by atoms with Crippen LogP contribution in [-0.2, 0) is 4.79 Å². The molecule has 2 N–H and O–H groups in total. The zero-order valence-electron chi connectivity index (χ0n) is 11.5. The quantitative estimate of drug-likeness (QED) is 0.873. The highest BCUT2D eigenvalue weighted by Gasteiger charge is 2.29. The van der Waals surface area contributed by atoms with Crippen LogP contribution in [0.15, 0.2) is 23.1 Å². The van der Waals surface area contributed by atoms with Crippen molar-refractivity contribution in [2.45, 2.75) is 25.3 Å². The third kappa shape index (κ3) is 3.05. The van der Waals surface area contributed by atoms with Crippen LogP contribution in [0.4, 0.5) is 0 Å². The molecule has 110 valence electrons. The highest BCUT2D eigenvalue weighted by Crippen LogP contribution is 2.30. The van der Waals surface area contributed by atoms with Crippen LogP contribution in [0.25, 0.3) is 11.5 Å². The number of amides is 1. The maximum Gasteiger partial charge on any atom is 0.244 e. The van der Waals surface area contributed by atoms with Crippen molar-refractivity contribution >= 4 is 5.91 Å². The number of hydrogen-bond acceptors (Lipinski definition) is 7. The summed E-state index contributed by atoms with van der Waals surface area (Å²) in [4.78, 5) is 25.7. The lowest BCUT2D eigenvalue weighted by Crippen LogP contribution is -2.39. The van der Waals surface area contributed by atoms with E-state index >= 15 is 0 Å². The van der Waals surface area contributed by atoms with Crippen molar-refractivity contribution in [2.75, 3.05) is 13.1 Å². The van der Waals surface area contributed by atoms with Gasteiger partial charge in [0.15, 0.2) is 0 Å². The third-order valence-electron chi connectivity index (χ3n) is 3.49. The second-order valence-electron chi connectivity index (χ2n) is 5.00. The Morgan fingerprint density at radius 3 is 3.10 bits per heavy atom. The predicted octanol–water partition coefficient (Wildman–Crippen LogP) is 0.539.